The van der Waals surface area contributed by atoms with Crippen molar-refractivity contribution in [1.29, 1.82) is 0 Å². The number of carbonyl (C=O) groups excluding carboxylic acids is 2. The number of hydrogen-bond donors (Lipinski definition) is 1. The number of esters is 1. The Morgan fingerprint density at radius 3 is 2.75 bits per heavy atom. The number of ether oxygens (including phenoxy) is 1. The Bertz CT molecular complexity index is 834. The van der Waals surface area contributed by atoms with Crippen LogP contribution in [-0.2, 0) is 20.7 Å². The van der Waals surface area contributed by atoms with Gasteiger partial charge in [-0.15, -0.1) is 11.3 Å². The molecule has 1 aliphatic heterocycles. The normalized spacial score (nSPS) is 16.7. The molecule has 9 heteroatoms. The number of nitrogens with zero attached hydrogens (tertiary/aromatic N) is 4. The molecule has 1 unspecified atom stereocenters. The molecule has 1 saturated heterocycles. The van der Waals surface area contributed by atoms with Crippen molar-refractivity contribution < 1.29 is 14.3 Å². The van der Waals surface area contributed by atoms with Gasteiger partial charge >= 0.3 is 5.97 Å². The third kappa shape index (κ3) is 5.25. The van der Waals surface area contributed by atoms with Crippen LogP contribution >= 0.6 is 11.3 Å². The molecule has 0 aromatic carbocycles. The van der Waals surface area contributed by atoms with E-state index in [9.17, 15) is 9.59 Å². The lowest BCUT2D eigenvalue weighted by Gasteiger charge is -2.31. The average molecular weight is 404 g/mol. The van der Waals surface area contributed by atoms with Crippen LogP contribution in [0.1, 0.15) is 36.8 Å². The fourth-order valence-corrected chi connectivity index (χ4v) is 3.95. The molecule has 0 aliphatic carbocycles. The zero-order chi connectivity index (χ0) is 20.1. The predicted molar refractivity (Wildman–Crippen MR) is 107 cm³/mol. The molecule has 8 nitrogen and oxygen atoms in total. The van der Waals surface area contributed by atoms with E-state index in [0.717, 1.165) is 24.2 Å². The molecular weight excluding hydrogens is 378 g/mol. The highest BCUT2D eigenvalue weighted by molar-refractivity contribution is 7.13. The number of likely N-dealkylation sites (tertiary alicyclic amines) is 1. The molecule has 2 aromatic heterocycles. The number of nitrogens with one attached hydrogen (secondary N) is 1. The first-order valence-corrected chi connectivity index (χ1v) is 10.3. The van der Waals surface area contributed by atoms with Gasteiger partial charge in [0.05, 0.1) is 24.6 Å². The lowest BCUT2D eigenvalue weighted by Crippen LogP contribution is -2.43. The summed E-state index contributed by atoms with van der Waals surface area (Å²) in [7, 11) is 0. The summed E-state index contributed by atoms with van der Waals surface area (Å²) in [5.74, 6) is 0.0344. The SMILES string of the molecule is CCOC(=O)C1CCCN(C(=O)Cc2csc(Nc3nc(C)cc(C)n3)n2)C1. The van der Waals surface area contributed by atoms with Crippen molar-refractivity contribution in [2.75, 3.05) is 25.0 Å². The second-order valence-electron chi connectivity index (χ2n) is 6.85. The Hall–Kier alpha value is -2.55. The quantitative estimate of drug-likeness (QED) is 0.741. The highest BCUT2D eigenvalue weighted by Crippen LogP contribution is 2.22. The Morgan fingerprint density at radius 1 is 1.29 bits per heavy atom. The molecule has 28 heavy (non-hydrogen) atoms. The summed E-state index contributed by atoms with van der Waals surface area (Å²) >= 11 is 1.41. The van der Waals surface area contributed by atoms with Crippen LogP contribution in [-0.4, -0.2) is 51.4 Å². The van der Waals surface area contributed by atoms with Crippen LogP contribution in [0.3, 0.4) is 0 Å². The Labute approximate surface area is 168 Å². The highest BCUT2D eigenvalue weighted by Gasteiger charge is 2.29. The summed E-state index contributed by atoms with van der Waals surface area (Å²) in [5, 5.41) is 5.60. The molecule has 3 heterocycles. The van der Waals surface area contributed by atoms with Crippen molar-refractivity contribution in [3.8, 4) is 0 Å². The van der Waals surface area contributed by atoms with Gasteiger partial charge in [-0.25, -0.2) is 15.0 Å². The molecule has 0 saturated carbocycles. The zero-order valence-corrected chi connectivity index (χ0v) is 17.2. The number of anilines is 2. The van der Waals surface area contributed by atoms with Crippen LogP contribution in [0, 0.1) is 19.8 Å². The number of aromatic nitrogens is 3. The maximum absolute atomic E-state index is 12.6. The molecule has 150 valence electrons. The largest absolute Gasteiger partial charge is 0.466 e. The molecule has 1 N–H and O–H groups in total. The summed E-state index contributed by atoms with van der Waals surface area (Å²) in [5.41, 5.74) is 2.45. The first-order chi connectivity index (χ1) is 13.4. The maximum Gasteiger partial charge on any atom is 0.310 e. The Balaban J connectivity index is 1.58. The Morgan fingerprint density at radius 2 is 2.04 bits per heavy atom. The molecule has 2 aromatic rings. The Kier molecular flexibility index (Phi) is 6.56. The van der Waals surface area contributed by atoms with Crippen LogP contribution < -0.4 is 5.32 Å². The second kappa shape index (κ2) is 9.09. The van der Waals surface area contributed by atoms with Gasteiger partial charge in [0.1, 0.15) is 0 Å². The first-order valence-electron chi connectivity index (χ1n) is 9.42. The lowest BCUT2D eigenvalue weighted by molar-refractivity contribution is -0.151. The van der Waals surface area contributed by atoms with Crippen LogP contribution in [0.2, 0.25) is 0 Å². The van der Waals surface area contributed by atoms with Crippen molar-refractivity contribution in [1.82, 2.24) is 19.9 Å². The van der Waals surface area contributed by atoms with E-state index in [0.29, 0.717) is 36.5 Å². The van der Waals surface area contributed by atoms with E-state index >= 15 is 0 Å². The van der Waals surface area contributed by atoms with Gasteiger partial charge < -0.3 is 15.0 Å². The fourth-order valence-electron chi connectivity index (χ4n) is 3.25. The minimum absolute atomic E-state index is 0.0199. The molecule has 0 spiro atoms. The average Bonchev–Trinajstić information content (AvgIpc) is 3.08. The van der Waals surface area contributed by atoms with Gasteiger partial charge in [-0.1, -0.05) is 0 Å². The zero-order valence-electron chi connectivity index (χ0n) is 16.4. The molecule has 0 radical (unpaired) electrons. The molecule has 0 bridgehead atoms. The predicted octanol–water partition coefficient (Wildman–Crippen LogP) is 2.64. The van der Waals surface area contributed by atoms with Crippen molar-refractivity contribution in [2.45, 2.75) is 40.0 Å². The van der Waals surface area contributed by atoms with Gasteiger partial charge in [-0.05, 0) is 39.7 Å². The standard InChI is InChI=1S/C19H25N5O3S/c1-4-27-17(26)14-6-5-7-24(10-14)16(25)9-15-11-28-19(22-15)23-18-20-12(2)8-13(3)21-18/h8,11,14H,4-7,9-10H2,1-3H3,(H,20,21,22,23). The van der Waals surface area contributed by atoms with Gasteiger partial charge in [0.2, 0.25) is 11.9 Å². The van der Waals surface area contributed by atoms with Crippen molar-refractivity contribution in [3.05, 3.63) is 28.5 Å². The monoisotopic (exact) mass is 403 g/mol. The minimum atomic E-state index is -0.230. The molecule has 1 atom stereocenters. The summed E-state index contributed by atoms with van der Waals surface area (Å²) in [6.45, 7) is 7.06. The van der Waals surface area contributed by atoms with Crippen molar-refractivity contribution in [3.63, 3.8) is 0 Å². The topological polar surface area (TPSA) is 97.3 Å². The van der Waals surface area contributed by atoms with E-state index in [1.807, 2.05) is 25.3 Å². The smallest absolute Gasteiger partial charge is 0.310 e. The van der Waals surface area contributed by atoms with Crippen LogP contribution in [0.25, 0.3) is 0 Å². The van der Waals surface area contributed by atoms with E-state index < -0.39 is 0 Å². The first kappa shape index (κ1) is 20.2. The van der Waals surface area contributed by atoms with E-state index in [2.05, 4.69) is 20.3 Å². The van der Waals surface area contributed by atoms with Gasteiger partial charge in [0.15, 0.2) is 5.13 Å². The fraction of sp³-hybridized carbons (Fsp3) is 0.526. The summed E-state index contributed by atoms with van der Waals surface area (Å²) in [6.07, 6.45) is 1.79. The van der Waals surface area contributed by atoms with Gasteiger partial charge in [-0.3, -0.25) is 9.59 Å². The third-order valence-corrected chi connectivity index (χ3v) is 5.29. The van der Waals surface area contributed by atoms with E-state index in [4.69, 9.17) is 4.74 Å². The molecule has 3 rings (SSSR count). The highest BCUT2D eigenvalue weighted by atomic mass is 32.1. The third-order valence-electron chi connectivity index (χ3n) is 4.48. The number of piperidine rings is 1. The molecule has 1 fully saturated rings. The van der Waals surface area contributed by atoms with Crippen LogP contribution in [0.15, 0.2) is 11.4 Å². The van der Waals surface area contributed by atoms with Gasteiger partial charge in [0.25, 0.3) is 0 Å². The summed E-state index contributed by atoms with van der Waals surface area (Å²) < 4.78 is 5.10. The number of hydrogen-bond acceptors (Lipinski definition) is 8. The molecule has 1 amide bonds. The van der Waals surface area contributed by atoms with E-state index in [1.54, 1.807) is 11.8 Å². The van der Waals surface area contributed by atoms with Gasteiger partial charge in [0, 0.05) is 29.9 Å². The number of rotatable bonds is 6. The van der Waals surface area contributed by atoms with E-state index in [1.165, 1.54) is 11.3 Å². The maximum atomic E-state index is 12.6. The van der Waals surface area contributed by atoms with Crippen molar-refractivity contribution in [2.24, 2.45) is 5.92 Å². The van der Waals surface area contributed by atoms with Crippen LogP contribution in [0.4, 0.5) is 11.1 Å². The molecule has 1 aliphatic rings. The van der Waals surface area contributed by atoms with E-state index in [-0.39, 0.29) is 24.2 Å². The number of thiazole rings is 1. The van der Waals surface area contributed by atoms with Crippen molar-refractivity contribution >= 4 is 34.3 Å². The lowest BCUT2D eigenvalue weighted by atomic mass is 9.98. The summed E-state index contributed by atoms with van der Waals surface area (Å²) in [6, 6.07) is 1.90. The molecular formula is C19H25N5O3S. The number of carbonyl (C=O) groups is 2. The second-order valence-corrected chi connectivity index (χ2v) is 7.71. The number of aryl methyl sites for hydroxylation is 2. The minimum Gasteiger partial charge on any atom is -0.466 e. The summed E-state index contributed by atoms with van der Waals surface area (Å²) in [4.78, 5) is 39.5. The van der Waals surface area contributed by atoms with Gasteiger partial charge in [-0.2, -0.15) is 0 Å². The number of amides is 1. The van der Waals surface area contributed by atoms with Crippen LogP contribution in [0.5, 0.6) is 0 Å².